The molecule has 1 aliphatic rings. The Kier molecular flexibility index (Phi) is 1.99. The summed E-state index contributed by atoms with van der Waals surface area (Å²) in [7, 11) is 0. The van der Waals surface area contributed by atoms with Gasteiger partial charge in [0.1, 0.15) is 5.78 Å². The first-order chi connectivity index (χ1) is 6.52. The largest absolute Gasteiger partial charge is 0.299 e. The number of fused-ring (bicyclic) bond motifs is 1. The van der Waals surface area contributed by atoms with Crippen LogP contribution >= 0.6 is 0 Å². The van der Waals surface area contributed by atoms with E-state index >= 15 is 0 Å². The average molecular weight is 188 g/mol. The van der Waals surface area contributed by atoms with E-state index in [0.29, 0.717) is 5.78 Å². The normalized spacial score (nSPS) is 23.2. The molecule has 1 unspecified atom stereocenters. The maximum absolute atomic E-state index is 11.5. The van der Waals surface area contributed by atoms with Crippen LogP contribution < -0.4 is 0 Å². The zero-order valence-electron chi connectivity index (χ0n) is 9.00. The zero-order chi connectivity index (χ0) is 10.3. The summed E-state index contributed by atoms with van der Waals surface area (Å²) in [4.78, 5) is 11.5. The molecule has 1 atom stereocenters. The predicted molar refractivity (Wildman–Crippen MR) is 57.5 cm³/mol. The van der Waals surface area contributed by atoms with Gasteiger partial charge in [-0.1, -0.05) is 38.1 Å². The van der Waals surface area contributed by atoms with Crippen LogP contribution in [0.5, 0.6) is 0 Å². The maximum atomic E-state index is 11.5. The standard InChI is InChI=1S/C13H16O/c1-9(14)11-8-13(2,3)12-7-5-4-6-10(11)12/h4-7,11H,8H2,1-3H3. The highest BCUT2D eigenvalue weighted by molar-refractivity contribution is 5.85. The van der Waals surface area contributed by atoms with Gasteiger partial charge in [0.15, 0.2) is 0 Å². The van der Waals surface area contributed by atoms with E-state index in [-0.39, 0.29) is 11.3 Å². The van der Waals surface area contributed by atoms with Crippen LogP contribution in [-0.4, -0.2) is 5.78 Å². The Balaban J connectivity index is 2.55. The maximum Gasteiger partial charge on any atom is 0.137 e. The summed E-state index contributed by atoms with van der Waals surface area (Å²) in [6, 6.07) is 8.33. The molecule has 0 saturated carbocycles. The van der Waals surface area contributed by atoms with Crippen LogP contribution in [0, 0.1) is 0 Å². The summed E-state index contributed by atoms with van der Waals surface area (Å²) >= 11 is 0. The third-order valence-electron chi connectivity index (χ3n) is 3.27. The van der Waals surface area contributed by atoms with Crippen molar-refractivity contribution in [1.29, 1.82) is 0 Å². The number of hydrogen-bond acceptors (Lipinski definition) is 1. The third-order valence-corrected chi connectivity index (χ3v) is 3.27. The van der Waals surface area contributed by atoms with Crippen LogP contribution in [0.1, 0.15) is 44.2 Å². The topological polar surface area (TPSA) is 17.1 Å². The van der Waals surface area contributed by atoms with Gasteiger partial charge in [0.2, 0.25) is 0 Å². The molecule has 0 aliphatic heterocycles. The summed E-state index contributed by atoms with van der Waals surface area (Å²) in [5.41, 5.74) is 2.75. The van der Waals surface area contributed by atoms with Crippen molar-refractivity contribution in [3.8, 4) is 0 Å². The summed E-state index contributed by atoms with van der Waals surface area (Å²) in [6.07, 6.45) is 0.960. The SMILES string of the molecule is CC(=O)C1CC(C)(C)c2ccccc21. The number of rotatable bonds is 1. The van der Waals surface area contributed by atoms with Gasteiger partial charge in [-0.2, -0.15) is 0 Å². The van der Waals surface area contributed by atoms with E-state index in [1.807, 2.05) is 6.07 Å². The minimum atomic E-state index is 0.126. The minimum absolute atomic E-state index is 0.126. The number of carbonyl (C=O) groups excluding carboxylic acids is 1. The minimum Gasteiger partial charge on any atom is -0.299 e. The molecule has 0 spiro atoms. The van der Waals surface area contributed by atoms with Gasteiger partial charge in [0.25, 0.3) is 0 Å². The molecular weight excluding hydrogens is 172 g/mol. The summed E-state index contributed by atoms with van der Waals surface area (Å²) < 4.78 is 0. The monoisotopic (exact) mass is 188 g/mol. The van der Waals surface area contributed by atoms with Gasteiger partial charge < -0.3 is 0 Å². The molecule has 0 amide bonds. The molecule has 1 aliphatic carbocycles. The zero-order valence-corrected chi connectivity index (χ0v) is 9.00. The second-order valence-electron chi connectivity index (χ2n) is 4.84. The third kappa shape index (κ3) is 1.28. The van der Waals surface area contributed by atoms with Crippen molar-refractivity contribution in [1.82, 2.24) is 0 Å². The van der Waals surface area contributed by atoms with Crippen molar-refractivity contribution in [3.05, 3.63) is 35.4 Å². The smallest absolute Gasteiger partial charge is 0.137 e. The van der Waals surface area contributed by atoms with Crippen LogP contribution in [0.4, 0.5) is 0 Å². The quantitative estimate of drug-likeness (QED) is 0.662. The van der Waals surface area contributed by atoms with E-state index in [0.717, 1.165) is 6.42 Å². The average Bonchev–Trinajstić information content (AvgIpc) is 2.40. The lowest BCUT2D eigenvalue weighted by Crippen LogP contribution is -2.13. The molecule has 0 saturated heterocycles. The molecule has 0 fully saturated rings. The lowest BCUT2D eigenvalue weighted by Gasteiger charge is -2.18. The van der Waals surface area contributed by atoms with Crippen LogP contribution in [0.25, 0.3) is 0 Å². The first kappa shape index (κ1) is 9.45. The Bertz CT molecular complexity index is 377. The summed E-state index contributed by atoms with van der Waals surface area (Å²) in [5, 5.41) is 0. The molecule has 0 N–H and O–H groups in total. The molecular formula is C13H16O. The van der Waals surface area contributed by atoms with E-state index in [2.05, 4.69) is 32.0 Å². The Morgan fingerprint density at radius 3 is 2.64 bits per heavy atom. The number of carbonyl (C=O) groups is 1. The molecule has 0 aromatic heterocycles. The second-order valence-corrected chi connectivity index (χ2v) is 4.84. The highest BCUT2D eigenvalue weighted by Gasteiger charge is 2.38. The van der Waals surface area contributed by atoms with Gasteiger partial charge in [-0.25, -0.2) is 0 Å². The van der Waals surface area contributed by atoms with E-state index in [1.54, 1.807) is 6.92 Å². The van der Waals surface area contributed by atoms with Crippen molar-refractivity contribution < 1.29 is 4.79 Å². The van der Waals surface area contributed by atoms with E-state index in [1.165, 1.54) is 11.1 Å². The lowest BCUT2D eigenvalue weighted by atomic mass is 9.86. The van der Waals surface area contributed by atoms with Crippen LogP contribution in [0.15, 0.2) is 24.3 Å². The van der Waals surface area contributed by atoms with E-state index in [4.69, 9.17) is 0 Å². The molecule has 0 bridgehead atoms. The van der Waals surface area contributed by atoms with Gasteiger partial charge in [0.05, 0.1) is 0 Å². The number of hydrogen-bond donors (Lipinski definition) is 0. The summed E-state index contributed by atoms with van der Waals surface area (Å²) in [6.45, 7) is 6.13. The molecule has 1 nitrogen and oxygen atoms in total. The lowest BCUT2D eigenvalue weighted by molar-refractivity contribution is -0.118. The van der Waals surface area contributed by atoms with Crippen molar-refractivity contribution >= 4 is 5.78 Å². The number of ketones is 1. The van der Waals surface area contributed by atoms with Gasteiger partial charge in [-0.15, -0.1) is 0 Å². The van der Waals surface area contributed by atoms with Crippen molar-refractivity contribution in [2.45, 2.75) is 38.5 Å². The van der Waals surface area contributed by atoms with Crippen molar-refractivity contribution in [3.63, 3.8) is 0 Å². The van der Waals surface area contributed by atoms with Crippen molar-refractivity contribution in [2.24, 2.45) is 0 Å². The van der Waals surface area contributed by atoms with Crippen molar-refractivity contribution in [2.75, 3.05) is 0 Å². The predicted octanol–water partition coefficient (Wildman–Crippen LogP) is 3.04. The fourth-order valence-electron chi connectivity index (χ4n) is 2.51. The molecule has 74 valence electrons. The first-order valence-electron chi connectivity index (χ1n) is 5.12. The fourth-order valence-corrected chi connectivity index (χ4v) is 2.51. The molecule has 1 heteroatoms. The molecule has 1 aromatic rings. The van der Waals surface area contributed by atoms with E-state index in [9.17, 15) is 4.79 Å². The Hall–Kier alpha value is -1.11. The van der Waals surface area contributed by atoms with E-state index < -0.39 is 0 Å². The van der Waals surface area contributed by atoms with Gasteiger partial charge in [0, 0.05) is 5.92 Å². The molecule has 0 heterocycles. The number of Topliss-reactive ketones (excluding diaryl/α,β-unsaturated/α-hetero) is 1. The second kappa shape index (κ2) is 2.94. The number of benzene rings is 1. The Morgan fingerprint density at radius 2 is 2.00 bits per heavy atom. The Labute approximate surface area is 85.1 Å². The summed E-state index contributed by atoms with van der Waals surface area (Å²) in [5.74, 6) is 0.421. The van der Waals surface area contributed by atoms with Gasteiger partial charge in [-0.05, 0) is 29.9 Å². The first-order valence-corrected chi connectivity index (χ1v) is 5.12. The molecule has 14 heavy (non-hydrogen) atoms. The fraction of sp³-hybridized carbons (Fsp3) is 0.462. The molecule has 1 aromatic carbocycles. The molecule has 2 rings (SSSR count). The van der Waals surface area contributed by atoms with Crippen LogP contribution in [-0.2, 0) is 10.2 Å². The highest BCUT2D eigenvalue weighted by atomic mass is 16.1. The van der Waals surface area contributed by atoms with Gasteiger partial charge in [-0.3, -0.25) is 4.79 Å². The molecule has 0 radical (unpaired) electrons. The highest BCUT2D eigenvalue weighted by Crippen LogP contribution is 2.45. The van der Waals surface area contributed by atoms with Gasteiger partial charge >= 0.3 is 0 Å². The Morgan fingerprint density at radius 1 is 1.36 bits per heavy atom. The van der Waals surface area contributed by atoms with Crippen LogP contribution in [0.3, 0.4) is 0 Å². The van der Waals surface area contributed by atoms with Crippen LogP contribution in [0.2, 0.25) is 0 Å².